The molecule has 1 aliphatic rings. The minimum atomic E-state index is -5.08. The number of pyridine rings is 1. The summed E-state index contributed by atoms with van der Waals surface area (Å²) in [5, 5.41) is 16.6. The minimum absolute atomic E-state index is 0.109. The third-order valence-electron chi connectivity index (χ3n) is 5.56. The number of carboxylic acid groups (broad SMARTS) is 1. The van der Waals surface area contributed by atoms with Crippen molar-refractivity contribution in [2.75, 3.05) is 10.6 Å². The van der Waals surface area contributed by atoms with Crippen LogP contribution >= 0.6 is 0 Å². The summed E-state index contributed by atoms with van der Waals surface area (Å²) in [6.07, 6.45) is -5.08. The molecule has 6 N–H and O–H groups in total. The fourth-order valence-corrected chi connectivity index (χ4v) is 3.90. The Bertz CT molecular complexity index is 1100. The number of para-hydroxylation sites is 1. The molecule has 0 radical (unpaired) electrons. The van der Waals surface area contributed by atoms with Crippen LogP contribution < -0.4 is 21.7 Å². The molecule has 1 fully saturated rings. The highest BCUT2D eigenvalue weighted by atomic mass is 19.4. The van der Waals surface area contributed by atoms with Crippen LogP contribution in [0.15, 0.2) is 36.5 Å². The van der Waals surface area contributed by atoms with E-state index in [4.69, 9.17) is 15.6 Å². The van der Waals surface area contributed by atoms with Crippen molar-refractivity contribution in [3.63, 3.8) is 0 Å². The van der Waals surface area contributed by atoms with Crippen LogP contribution in [0.2, 0.25) is 0 Å². The summed E-state index contributed by atoms with van der Waals surface area (Å²) in [6, 6.07) is 8.54. The molecule has 38 heavy (non-hydrogen) atoms. The molecular formula is C24H29F6N5O3. The van der Waals surface area contributed by atoms with E-state index in [1.165, 1.54) is 18.2 Å². The minimum Gasteiger partial charge on any atom is -0.475 e. The van der Waals surface area contributed by atoms with Gasteiger partial charge in [0.15, 0.2) is 0 Å². The molecule has 0 aliphatic heterocycles. The number of nitrogens with zero attached hydrogens (tertiary/aromatic N) is 1. The first-order valence-corrected chi connectivity index (χ1v) is 11.6. The lowest BCUT2D eigenvalue weighted by atomic mass is 9.91. The van der Waals surface area contributed by atoms with Crippen LogP contribution in [0, 0.1) is 0 Å². The maximum absolute atomic E-state index is 13.5. The Morgan fingerprint density at radius 2 is 1.55 bits per heavy atom. The van der Waals surface area contributed by atoms with Crippen molar-refractivity contribution >= 4 is 29.1 Å². The van der Waals surface area contributed by atoms with Crippen molar-refractivity contribution in [1.29, 1.82) is 0 Å². The van der Waals surface area contributed by atoms with Crippen LogP contribution in [0.25, 0.3) is 0 Å². The smallest absolute Gasteiger partial charge is 0.475 e. The number of carboxylic acids is 1. The average molecular weight is 550 g/mol. The number of nitrogens with two attached hydrogens (primary N) is 1. The highest BCUT2D eigenvalue weighted by molar-refractivity contribution is 5.99. The first-order chi connectivity index (χ1) is 17.6. The molecule has 8 nitrogen and oxygen atoms in total. The first-order valence-electron chi connectivity index (χ1n) is 11.6. The Morgan fingerprint density at radius 3 is 2.05 bits per heavy atom. The Hall–Kier alpha value is -3.55. The summed E-state index contributed by atoms with van der Waals surface area (Å²) in [7, 11) is 0. The summed E-state index contributed by atoms with van der Waals surface area (Å²) in [5.41, 5.74) is 4.57. The monoisotopic (exact) mass is 549 g/mol. The van der Waals surface area contributed by atoms with Crippen molar-refractivity contribution in [2.45, 2.75) is 70.0 Å². The van der Waals surface area contributed by atoms with E-state index in [-0.39, 0.29) is 23.0 Å². The van der Waals surface area contributed by atoms with E-state index >= 15 is 0 Å². The molecule has 1 aromatic heterocycles. The second-order valence-electron chi connectivity index (χ2n) is 8.96. The standard InChI is InChI=1S/C22H28F3N5O.C2HF3O2/c1-13(2)28-14-7-9-15(10-8-14)29-20-11-19(17(12-27-20)22(23,24)25)30-18-6-4-3-5-16(18)21(26)31;3-2(4,5)1(6)7/h3-6,11-15,28H,7-10H2,1-2H3,(H2,26,31)(H2,27,29,30);(H,6,7). The third-order valence-corrected chi connectivity index (χ3v) is 5.56. The number of anilines is 3. The second-order valence-corrected chi connectivity index (χ2v) is 8.96. The molecule has 0 spiro atoms. The molecule has 0 bridgehead atoms. The van der Waals surface area contributed by atoms with E-state index in [9.17, 15) is 31.1 Å². The lowest BCUT2D eigenvalue weighted by Crippen LogP contribution is -2.40. The number of nitrogens with one attached hydrogen (secondary N) is 3. The molecule has 0 saturated heterocycles. The van der Waals surface area contributed by atoms with Crippen molar-refractivity contribution in [2.24, 2.45) is 5.73 Å². The lowest BCUT2D eigenvalue weighted by molar-refractivity contribution is -0.192. The van der Waals surface area contributed by atoms with Crippen LogP contribution in [0.5, 0.6) is 0 Å². The van der Waals surface area contributed by atoms with E-state index in [0.29, 0.717) is 17.9 Å². The van der Waals surface area contributed by atoms with Gasteiger partial charge in [0.2, 0.25) is 0 Å². The number of benzene rings is 1. The molecule has 0 unspecified atom stereocenters. The van der Waals surface area contributed by atoms with Crippen LogP contribution in [-0.2, 0) is 11.0 Å². The number of aromatic nitrogens is 1. The zero-order valence-corrected chi connectivity index (χ0v) is 20.6. The topological polar surface area (TPSA) is 129 Å². The largest absolute Gasteiger partial charge is 0.490 e. The fraction of sp³-hybridized carbons (Fsp3) is 0.458. The van der Waals surface area contributed by atoms with Gasteiger partial charge in [-0.25, -0.2) is 9.78 Å². The molecule has 1 aromatic carbocycles. The van der Waals surface area contributed by atoms with E-state index in [2.05, 4.69) is 34.8 Å². The Kier molecular flexibility index (Phi) is 10.3. The number of rotatable bonds is 7. The molecular weight excluding hydrogens is 520 g/mol. The van der Waals surface area contributed by atoms with Gasteiger partial charge in [-0.2, -0.15) is 26.3 Å². The second kappa shape index (κ2) is 12.8. The zero-order chi connectivity index (χ0) is 28.7. The van der Waals surface area contributed by atoms with Gasteiger partial charge in [0.1, 0.15) is 5.82 Å². The van der Waals surface area contributed by atoms with Gasteiger partial charge in [0.05, 0.1) is 22.5 Å². The lowest BCUT2D eigenvalue weighted by Gasteiger charge is -2.31. The number of aliphatic carboxylic acids is 1. The van der Waals surface area contributed by atoms with Crippen LogP contribution in [0.1, 0.15) is 55.5 Å². The quantitative estimate of drug-likeness (QED) is 0.297. The highest BCUT2D eigenvalue weighted by Gasteiger charge is 2.38. The number of carbonyl (C=O) groups is 2. The number of alkyl halides is 6. The van der Waals surface area contributed by atoms with Gasteiger partial charge in [-0.05, 0) is 37.8 Å². The van der Waals surface area contributed by atoms with Crippen LogP contribution in [-0.4, -0.2) is 46.3 Å². The van der Waals surface area contributed by atoms with E-state index in [0.717, 1.165) is 31.9 Å². The summed E-state index contributed by atoms with van der Waals surface area (Å²) in [6.45, 7) is 4.22. The van der Waals surface area contributed by atoms with Crippen LogP contribution in [0.4, 0.5) is 43.5 Å². The Morgan fingerprint density at radius 1 is 1.00 bits per heavy atom. The number of carbonyl (C=O) groups excluding carboxylic acids is 1. The summed E-state index contributed by atoms with van der Waals surface area (Å²) in [4.78, 5) is 24.5. The zero-order valence-electron chi connectivity index (χ0n) is 20.6. The van der Waals surface area contributed by atoms with Crippen LogP contribution in [0.3, 0.4) is 0 Å². The van der Waals surface area contributed by atoms with Gasteiger partial charge in [-0.15, -0.1) is 0 Å². The average Bonchev–Trinajstić information content (AvgIpc) is 2.79. The Labute approximate surface area is 215 Å². The van der Waals surface area contributed by atoms with Gasteiger partial charge < -0.3 is 26.8 Å². The molecule has 1 aliphatic carbocycles. The Balaban J connectivity index is 0.000000638. The van der Waals surface area contributed by atoms with Gasteiger partial charge >= 0.3 is 18.3 Å². The number of halogens is 6. The van der Waals surface area contributed by atoms with E-state index in [1.807, 2.05) is 0 Å². The molecule has 14 heteroatoms. The highest BCUT2D eigenvalue weighted by Crippen LogP contribution is 2.37. The predicted molar refractivity (Wildman–Crippen MR) is 129 cm³/mol. The maximum Gasteiger partial charge on any atom is 0.490 e. The molecule has 210 valence electrons. The third kappa shape index (κ3) is 9.39. The van der Waals surface area contributed by atoms with Gasteiger partial charge in [0.25, 0.3) is 5.91 Å². The predicted octanol–water partition coefficient (Wildman–Crippen LogP) is 5.30. The van der Waals surface area contributed by atoms with E-state index in [1.54, 1.807) is 12.1 Å². The maximum atomic E-state index is 13.5. The molecule has 3 rings (SSSR count). The molecule has 2 aromatic rings. The molecule has 0 atom stereocenters. The number of hydrogen-bond acceptors (Lipinski definition) is 6. The van der Waals surface area contributed by atoms with Crippen molar-refractivity contribution in [3.05, 3.63) is 47.7 Å². The summed E-state index contributed by atoms with van der Waals surface area (Å²) < 4.78 is 72.4. The molecule has 1 amide bonds. The van der Waals surface area contributed by atoms with Gasteiger partial charge in [-0.3, -0.25) is 4.79 Å². The fourth-order valence-electron chi connectivity index (χ4n) is 3.90. The number of primary amides is 1. The SMILES string of the molecule is CC(C)NC1CCC(Nc2cc(Nc3ccccc3C(N)=O)c(C(F)(F)F)cn2)CC1.O=C(O)C(F)(F)F. The first kappa shape index (κ1) is 30.7. The number of hydrogen-bond donors (Lipinski definition) is 5. The molecule has 1 saturated carbocycles. The van der Waals surface area contributed by atoms with Crippen molar-refractivity contribution in [1.82, 2.24) is 10.3 Å². The summed E-state index contributed by atoms with van der Waals surface area (Å²) in [5.74, 6) is -3.13. The normalized spacial score (nSPS) is 17.8. The summed E-state index contributed by atoms with van der Waals surface area (Å²) >= 11 is 0. The van der Waals surface area contributed by atoms with Gasteiger partial charge in [-0.1, -0.05) is 26.0 Å². The van der Waals surface area contributed by atoms with Crippen molar-refractivity contribution < 1.29 is 41.0 Å². The van der Waals surface area contributed by atoms with E-state index < -0.39 is 29.8 Å². The van der Waals surface area contributed by atoms with Gasteiger partial charge in [0, 0.05) is 30.4 Å². The number of amides is 1. The van der Waals surface area contributed by atoms with Crippen molar-refractivity contribution in [3.8, 4) is 0 Å². The molecule has 1 heterocycles.